The molecule has 3 rings (SSSR count). The number of aryl methyl sites for hydroxylation is 2. The molecule has 0 radical (unpaired) electrons. The maximum atomic E-state index is 14.1. The minimum Gasteiger partial charge on any atom is -0.355 e. The lowest BCUT2D eigenvalue weighted by atomic mass is 10.0. The number of rotatable bonds is 11. The van der Waals surface area contributed by atoms with Crippen molar-refractivity contribution in [2.75, 3.05) is 23.7 Å². The van der Waals surface area contributed by atoms with Crippen molar-refractivity contribution in [2.45, 2.75) is 39.8 Å². The number of hydrogen-bond donors (Lipinski definition) is 1. The van der Waals surface area contributed by atoms with Gasteiger partial charge in [-0.1, -0.05) is 77.8 Å². The van der Waals surface area contributed by atoms with Gasteiger partial charge >= 0.3 is 0 Å². The van der Waals surface area contributed by atoms with Crippen LogP contribution in [0.4, 0.5) is 5.69 Å². The fourth-order valence-electron chi connectivity index (χ4n) is 4.46. The van der Waals surface area contributed by atoms with Crippen LogP contribution >= 0.6 is 23.2 Å². The van der Waals surface area contributed by atoms with Crippen LogP contribution in [0, 0.1) is 13.8 Å². The highest BCUT2D eigenvalue weighted by molar-refractivity contribution is 7.92. The monoisotopic (exact) mass is 589 g/mol. The smallest absolute Gasteiger partial charge is 0.244 e. The summed E-state index contributed by atoms with van der Waals surface area (Å²) in [6.45, 7) is 5.31. The molecule has 0 aromatic heterocycles. The van der Waals surface area contributed by atoms with E-state index < -0.39 is 28.5 Å². The van der Waals surface area contributed by atoms with Crippen LogP contribution in [0.1, 0.15) is 29.2 Å². The van der Waals surface area contributed by atoms with Gasteiger partial charge in [0, 0.05) is 19.5 Å². The zero-order chi connectivity index (χ0) is 28.7. The summed E-state index contributed by atoms with van der Waals surface area (Å²) in [5.74, 6) is -0.867. The Kier molecular flexibility index (Phi) is 10.4. The van der Waals surface area contributed by atoms with Crippen LogP contribution in [0.2, 0.25) is 10.0 Å². The third-order valence-corrected chi connectivity index (χ3v) is 8.18. The van der Waals surface area contributed by atoms with Crippen molar-refractivity contribution >= 4 is 50.7 Å². The number of likely N-dealkylation sites (N-methyl/N-ethyl adjacent to an activating group) is 1. The Morgan fingerprint density at radius 1 is 0.897 bits per heavy atom. The Morgan fingerprint density at radius 3 is 2.10 bits per heavy atom. The minimum atomic E-state index is -3.85. The normalized spacial score (nSPS) is 12.1. The number of carbonyl (C=O) groups excluding carboxylic acids is 2. The average molecular weight is 591 g/mol. The maximum absolute atomic E-state index is 14.1. The van der Waals surface area contributed by atoms with Crippen LogP contribution in [0.15, 0.2) is 66.7 Å². The highest BCUT2D eigenvalue weighted by atomic mass is 35.5. The molecule has 1 unspecified atom stereocenters. The molecule has 1 atom stereocenters. The van der Waals surface area contributed by atoms with E-state index in [1.807, 2.05) is 36.4 Å². The van der Waals surface area contributed by atoms with Gasteiger partial charge in [0.1, 0.15) is 12.6 Å². The number of nitrogens with one attached hydrogen (secondary N) is 1. The van der Waals surface area contributed by atoms with E-state index in [1.54, 1.807) is 51.1 Å². The van der Waals surface area contributed by atoms with E-state index >= 15 is 0 Å². The summed E-state index contributed by atoms with van der Waals surface area (Å²) in [4.78, 5) is 28.9. The summed E-state index contributed by atoms with van der Waals surface area (Å²) in [6, 6.07) is 18.9. The molecule has 0 saturated carbocycles. The highest BCUT2D eigenvalue weighted by Gasteiger charge is 2.33. The molecule has 208 valence electrons. The van der Waals surface area contributed by atoms with Crippen LogP contribution in [0.25, 0.3) is 0 Å². The molecule has 0 aliphatic rings. The lowest BCUT2D eigenvalue weighted by molar-refractivity contribution is -0.140. The van der Waals surface area contributed by atoms with Crippen molar-refractivity contribution in [1.82, 2.24) is 10.2 Å². The van der Waals surface area contributed by atoms with Crippen molar-refractivity contribution < 1.29 is 18.0 Å². The number of sulfonamides is 1. The molecule has 39 heavy (non-hydrogen) atoms. The standard InChI is InChI=1S/C29H33Cl2N3O4S/c1-5-32-29(36)26(17-22-12-7-6-8-13-22)33(18-23-14-15-24(30)25(31)16-23)27(35)19-34(39(4,37)38)28-20(2)10-9-11-21(28)3/h6-16,26H,5,17-19H2,1-4H3,(H,32,36). The molecule has 1 N–H and O–H groups in total. The molecule has 3 aromatic rings. The van der Waals surface area contributed by atoms with E-state index in [0.29, 0.717) is 39.0 Å². The number of amides is 2. The van der Waals surface area contributed by atoms with Gasteiger partial charge in [-0.05, 0) is 55.2 Å². The number of benzene rings is 3. The van der Waals surface area contributed by atoms with Crippen LogP contribution < -0.4 is 9.62 Å². The van der Waals surface area contributed by atoms with Gasteiger partial charge in [-0.15, -0.1) is 0 Å². The van der Waals surface area contributed by atoms with Gasteiger partial charge in [-0.2, -0.15) is 0 Å². The fourth-order valence-corrected chi connectivity index (χ4v) is 5.74. The summed E-state index contributed by atoms with van der Waals surface area (Å²) in [5.41, 5.74) is 3.39. The summed E-state index contributed by atoms with van der Waals surface area (Å²) < 4.78 is 27.1. The van der Waals surface area contributed by atoms with Gasteiger partial charge < -0.3 is 10.2 Å². The molecule has 2 amide bonds. The summed E-state index contributed by atoms with van der Waals surface area (Å²) in [7, 11) is -3.85. The lowest BCUT2D eigenvalue weighted by Crippen LogP contribution is -2.53. The molecule has 0 aliphatic carbocycles. The van der Waals surface area contributed by atoms with Crippen LogP contribution in [-0.2, 0) is 32.6 Å². The van der Waals surface area contributed by atoms with Crippen LogP contribution in [0.3, 0.4) is 0 Å². The Bertz CT molecular complexity index is 1410. The number of carbonyl (C=O) groups is 2. The molecule has 0 heterocycles. The largest absolute Gasteiger partial charge is 0.355 e. The first-order chi connectivity index (χ1) is 18.4. The van der Waals surface area contributed by atoms with E-state index in [1.165, 1.54) is 4.90 Å². The zero-order valence-electron chi connectivity index (χ0n) is 22.4. The Hall–Kier alpha value is -3.07. The Balaban J connectivity index is 2.09. The molecule has 3 aromatic carbocycles. The van der Waals surface area contributed by atoms with Gasteiger partial charge in [0.25, 0.3) is 0 Å². The highest BCUT2D eigenvalue weighted by Crippen LogP contribution is 2.28. The number of hydrogen-bond acceptors (Lipinski definition) is 4. The molecule has 0 bridgehead atoms. The predicted molar refractivity (Wildman–Crippen MR) is 158 cm³/mol. The third kappa shape index (κ3) is 7.97. The van der Waals surface area contributed by atoms with E-state index in [4.69, 9.17) is 23.2 Å². The van der Waals surface area contributed by atoms with Gasteiger partial charge in [-0.3, -0.25) is 13.9 Å². The van der Waals surface area contributed by atoms with E-state index in [9.17, 15) is 18.0 Å². The fraction of sp³-hybridized carbons (Fsp3) is 0.310. The van der Waals surface area contributed by atoms with Crippen molar-refractivity contribution in [3.05, 3.63) is 99.0 Å². The predicted octanol–water partition coefficient (Wildman–Crippen LogP) is 5.15. The molecule has 0 fully saturated rings. The van der Waals surface area contributed by atoms with Crippen LogP contribution in [-0.4, -0.2) is 50.5 Å². The second-order valence-corrected chi connectivity index (χ2v) is 12.1. The summed E-state index contributed by atoms with van der Waals surface area (Å²) >= 11 is 12.4. The van der Waals surface area contributed by atoms with Gasteiger partial charge in [0.15, 0.2) is 0 Å². The second kappa shape index (κ2) is 13.3. The number of nitrogens with zero attached hydrogens (tertiary/aromatic N) is 2. The van der Waals surface area contributed by atoms with Crippen molar-refractivity contribution in [3.8, 4) is 0 Å². The topological polar surface area (TPSA) is 86.8 Å². The van der Waals surface area contributed by atoms with Crippen molar-refractivity contribution in [3.63, 3.8) is 0 Å². The Labute approximate surface area is 240 Å². The summed E-state index contributed by atoms with van der Waals surface area (Å²) in [5, 5.41) is 3.50. The molecular weight excluding hydrogens is 557 g/mol. The van der Waals surface area contributed by atoms with E-state index in [0.717, 1.165) is 16.1 Å². The number of para-hydroxylation sites is 1. The molecular formula is C29H33Cl2N3O4S. The van der Waals surface area contributed by atoms with Gasteiger partial charge in [0.2, 0.25) is 21.8 Å². The molecule has 7 nitrogen and oxygen atoms in total. The van der Waals surface area contributed by atoms with Gasteiger partial charge in [0.05, 0.1) is 22.0 Å². The summed E-state index contributed by atoms with van der Waals surface area (Å²) in [6.07, 6.45) is 1.31. The second-order valence-electron chi connectivity index (χ2n) is 9.38. The zero-order valence-corrected chi connectivity index (χ0v) is 24.8. The first-order valence-electron chi connectivity index (χ1n) is 12.5. The van der Waals surface area contributed by atoms with Crippen molar-refractivity contribution in [2.24, 2.45) is 0 Å². The SMILES string of the molecule is CCNC(=O)C(Cc1ccccc1)N(Cc1ccc(Cl)c(Cl)c1)C(=O)CN(c1c(C)cccc1C)S(C)(=O)=O. The average Bonchev–Trinajstić information content (AvgIpc) is 2.87. The van der Waals surface area contributed by atoms with Gasteiger partial charge in [-0.25, -0.2) is 8.42 Å². The number of halogens is 2. The van der Waals surface area contributed by atoms with Crippen LogP contribution in [0.5, 0.6) is 0 Å². The molecule has 0 saturated heterocycles. The maximum Gasteiger partial charge on any atom is 0.244 e. The molecule has 0 spiro atoms. The lowest BCUT2D eigenvalue weighted by Gasteiger charge is -2.34. The first-order valence-corrected chi connectivity index (χ1v) is 15.1. The molecule has 0 aliphatic heterocycles. The third-order valence-electron chi connectivity index (χ3n) is 6.33. The minimum absolute atomic E-state index is 0.0225. The number of anilines is 1. The quantitative estimate of drug-likeness (QED) is 0.335. The molecule has 10 heteroatoms. The van der Waals surface area contributed by atoms with E-state index in [2.05, 4.69) is 5.32 Å². The Morgan fingerprint density at radius 2 is 1.54 bits per heavy atom. The first kappa shape index (κ1) is 30.5. The van der Waals surface area contributed by atoms with Crippen molar-refractivity contribution in [1.29, 1.82) is 0 Å². The van der Waals surface area contributed by atoms with E-state index in [-0.39, 0.29) is 18.9 Å².